The molecule has 0 aromatic rings. The first-order valence-corrected chi connectivity index (χ1v) is 5.73. The number of ether oxygens (including phenoxy) is 2. The fourth-order valence-corrected chi connectivity index (χ4v) is 1.82. The van der Waals surface area contributed by atoms with E-state index in [0.717, 1.165) is 18.4 Å². The Morgan fingerprint density at radius 1 is 1.75 bits per heavy atom. The number of rotatable bonds is 4. The fourth-order valence-electron chi connectivity index (χ4n) is 1.11. The van der Waals surface area contributed by atoms with Crippen LogP contribution in [0.3, 0.4) is 0 Å². The van der Waals surface area contributed by atoms with Gasteiger partial charge in [0.05, 0.1) is 24.2 Å². The minimum atomic E-state index is -0.250. The molecule has 4 heteroatoms. The lowest BCUT2D eigenvalue weighted by Gasteiger charge is -2.28. The smallest absolute Gasteiger partial charge is 0.0890 e. The Morgan fingerprint density at radius 3 is 2.92 bits per heavy atom. The van der Waals surface area contributed by atoms with Gasteiger partial charge in [0.15, 0.2) is 0 Å². The fraction of sp³-hybridized carbons (Fsp3) is 1.00. The van der Waals surface area contributed by atoms with Crippen LogP contribution in [0, 0.1) is 0 Å². The third kappa shape index (κ3) is 2.87. The largest absolute Gasteiger partial charge is 0.379 e. The van der Waals surface area contributed by atoms with Crippen molar-refractivity contribution in [2.24, 2.45) is 0 Å². The van der Waals surface area contributed by atoms with E-state index in [4.69, 9.17) is 21.1 Å². The van der Waals surface area contributed by atoms with Gasteiger partial charge in [0.2, 0.25) is 0 Å². The Hall–Kier alpha value is 0.690. The van der Waals surface area contributed by atoms with E-state index in [1.165, 1.54) is 0 Å². The molecule has 0 aromatic heterocycles. The average molecular weight is 258 g/mol. The SMILES string of the molecule is CC(CCl)(CBr)OC1CCOC1. The van der Waals surface area contributed by atoms with Crippen molar-refractivity contribution < 1.29 is 9.47 Å². The molecule has 2 atom stereocenters. The van der Waals surface area contributed by atoms with Crippen LogP contribution >= 0.6 is 27.5 Å². The predicted molar refractivity (Wildman–Crippen MR) is 53.2 cm³/mol. The van der Waals surface area contributed by atoms with Gasteiger partial charge in [0, 0.05) is 11.9 Å². The van der Waals surface area contributed by atoms with E-state index in [9.17, 15) is 0 Å². The second kappa shape index (κ2) is 4.80. The van der Waals surface area contributed by atoms with Crippen LogP contribution in [0.2, 0.25) is 0 Å². The van der Waals surface area contributed by atoms with Crippen molar-refractivity contribution in [1.29, 1.82) is 0 Å². The molecule has 2 nitrogen and oxygen atoms in total. The molecule has 1 aliphatic rings. The Kier molecular flexibility index (Phi) is 4.30. The second-order valence-electron chi connectivity index (χ2n) is 3.32. The van der Waals surface area contributed by atoms with Crippen molar-refractivity contribution in [3.63, 3.8) is 0 Å². The van der Waals surface area contributed by atoms with Gasteiger partial charge in [-0.05, 0) is 13.3 Å². The molecule has 0 radical (unpaired) electrons. The molecule has 12 heavy (non-hydrogen) atoms. The number of hydrogen-bond acceptors (Lipinski definition) is 2. The molecule has 1 fully saturated rings. The minimum absolute atomic E-state index is 0.228. The third-order valence-electron chi connectivity index (χ3n) is 1.90. The number of halogens is 2. The van der Waals surface area contributed by atoms with Gasteiger partial charge >= 0.3 is 0 Å². The maximum Gasteiger partial charge on any atom is 0.0890 e. The first-order valence-electron chi connectivity index (χ1n) is 4.08. The van der Waals surface area contributed by atoms with Crippen molar-refractivity contribution >= 4 is 27.5 Å². The summed E-state index contributed by atoms with van der Waals surface area (Å²) in [7, 11) is 0. The topological polar surface area (TPSA) is 18.5 Å². The number of hydrogen-bond donors (Lipinski definition) is 0. The van der Waals surface area contributed by atoms with Gasteiger partial charge in [-0.25, -0.2) is 0 Å². The molecule has 1 saturated heterocycles. The lowest BCUT2D eigenvalue weighted by atomic mass is 10.1. The molecule has 72 valence electrons. The lowest BCUT2D eigenvalue weighted by Crippen LogP contribution is -2.37. The molecule has 0 saturated carbocycles. The van der Waals surface area contributed by atoms with Crippen LogP contribution < -0.4 is 0 Å². The normalized spacial score (nSPS) is 28.8. The van der Waals surface area contributed by atoms with Gasteiger partial charge < -0.3 is 9.47 Å². The molecule has 1 heterocycles. The summed E-state index contributed by atoms with van der Waals surface area (Å²) >= 11 is 9.18. The Balaban J connectivity index is 2.35. The molecule has 1 aliphatic heterocycles. The van der Waals surface area contributed by atoms with Gasteiger partial charge in [-0.15, -0.1) is 11.6 Å². The van der Waals surface area contributed by atoms with Crippen LogP contribution in [-0.4, -0.2) is 36.1 Å². The quantitative estimate of drug-likeness (QED) is 0.719. The van der Waals surface area contributed by atoms with Crippen LogP contribution in [0.5, 0.6) is 0 Å². The highest BCUT2D eigenvalue weighted by Gasteiger charge is 2.28. The van der Waals surface area contributed by atoms with E-state index < -0.39 is 0 Å². The maximum absolute atomic E-state index is 5.79. The van der Waals surface area contributed by atoms with Crippen LogP contribution in [0.15, 0.2) is 0 Å². The average Bonchev–Trinajstić information content (AvgIpc) is 2.57. The summed E-state index contributed by atoms with van der Waals surface area (Å²) in [6, 6.07) is 0. The zero-order valence-corrected chi connectivity index (χ0v) is 9.53. The summed E-state index contributed by atoms with van der Waals surface area (Å²) in [6.07, 6.45) is 1.21. The molecular weight excluding hydrogens is 243 g/mol. The molecule has 0 aliphatic carbocycles. The summed E-state index contributed by atoms with van der Waals surface area (Å²) in [5.74, 6) is 0.509. The first-order chi connectivity index (χ1) is 5.70. The summed E-state index contributed by atoms with van der Waals surface area (Å²) < 4.78 is 11.0. The summed E-state index contributed by atoms with van der Waals surface area (Å²) in [5, 5.41) is 0.764. The van der Waals surface area contributed by atoms with E-state index in [-0.39, 0.29) is 11.7 Å². The van der Waals surface area contributed by atoms with Crippen molar-refractivity contribution in [2.75, 3.05) is 24.4 Å². The van der Waals surface area contributed by atoms with E-state index in [1.54, 1.807) is 0 Å². The first kappa shape index (κ1) is 10.8. The number of alkyl halides is 2. The lowest BCUT2D eigenvalue weighted by molar-refractivity contribution is -0.0546. The van der Waals surface area contributed by atoms with Gasteiger partial charge in [-0.1, -0.05) is 15.9 Å². The van der Waals surface area contributed by atoms with Crippen molar-refractivity contribution in [3.8, 4) is 0 Å². The molecule has 1 rings (SSSR count). The molecule has 0 bridgehead atoms. The van der Waals surface area contributed by atoms with Gasteiger partial charge in [-0.3, -0.25) is 0 Å². The Morgan fingerprint density at radius 2 is 2.50 bits per heavy atom. The van der Waals surface area contributed by atoms with Crippen molar-refractivity contribution in [1.82, 2.24) is 0 Å². The molecular formula is C8H14BrClO2. The minimum Gasteiger partial charge on any atom is -0.379 e. The molecule has 0 amide bonds. The Labute approximate surface area is 86.7 Å². The zero-order chi connectivity index (χ0) is 9.03. The molecule has 0 N–H and O–H groups in total. The molecule has 0 spiro atoms. The van der Waals surface area contributed by atoms with E-state index in [2.05, 4.69) is 15.9 Å². The van der Waals surface area contributed by atoms with E-state index in [0.29, 0.717) is 12.5 Å². The molecule has 2 unspecified atom stereocenters. The Bertz CT molecular complexity index is 133. The predicted octanol–water partition coefficient (Wildman–Crippen LogP) is 2.18. The van der Waals surface area contributed by atoms with E-state index >= 15 is 0 Å². The molecule has 0 aromatic carbocycles. The second-order valence-corrected chi connectivity index (χ2v) is 4.15. The highest BCUT2D eigenvalue weighted by atomic mass is 79.9. The van der Waals surface area contributed by atoms with Crippen LogP contribution in [-0.2, 0) is 9.47 Å². The van der Waals surface area contributed by atoms with Gasteiger partial charge in [0.25, 0.3) is 0 Å². The van der Waals surface area contributed by atoms with E-state index in [1.807, 2.05) is 6.92 Å². The van der Waals surface area contributed by atoms with Crippen molar-refractivity contribution in [2.45, 2.75) is 25.0 Å². The van der Waals surface area contributed by atoms with Crippen molar-refractivity contribution in [3.05, 3.63) is 0 Å². The van der Waals surface area contributed by atoms with Crippen LogP contribution in [0.4, 0.5) is 0 Å². The van der Waals surface area contributed by atoms with Gasteiger partial charge in [0.1, 0.15) is 0 Å². The highest BCUT2D eigenvalue weighted by molar-refractivity contribution is 9.09. The highest BCUT2D eigenvalue weighted by Crippen LogP contribution is 2.21. The van der Waals surface area contributed by atoms with Crippen LogP contribution in [0.1, 0.15) is 13.3 Å². The summed E-state index contributed by atoms with van der Waals surface area (Å²) in [4.78, 5) is 0. The monoisotopic (exact) mass is 256 g/mol. The zero-order valence-electron chi connectivity index (χ0n) is 7.19. The standard InChI is InChI=1S/C8H14BrClO2/c1-8(5-9,6-10)12-7-2-3-11-4-7/h7H,2-6H2,1H3. The summed E-state index contributed by atoms with van der Waals surface area (Å²) in [5.41, 5.74) is -0.250. The summed E-state index contributed by atoms with van der Waals surface area (Å²) in [6.45, 7) is 3.53. The van der Waals surface area contributed by atoms with Crippen LogP contribution in [0.25, 0.3) is 0 Å². The third-order valence-corrected chi connectivity index (χ3v) is 3.66. The maximum atomic E-state index is 5.79. The van der Waals surface area contributed by atoms with Gasteiger partial charge in [-0.2, -0.15) is 0 Å².